The molecule has 0 spiro atoms. The molecule has 370 valence electrons. The van der Waals surface area contributed by atoms with E-state index < -0.39 is 87.6 Å². The maximum atomic E-state index is 13.8. The van der Waals surface area contributed by atoms with Crippen LogP contribution in [0, 0.1) is 0 Å². The summed E-state index contributed by atoms with van der Waals surface area (Å²) in [7, 11) is 6.38. The van der Waals surface area contributed by atoms with E-state index in [1.165, 1.54) is 10.6 Å². The topological polar surface area (TPSA) is 132 Å². The monoisotopic (exact) mass is 980 g/mol. The first-order valence-corrected chi connectivity index (χ1v) is 16.1. The van der Waals surface area contributed by atoms with E-state index in [0.717, 1.165) is 0 Å². The van der Waals surface area contributed by atoms with Gasteiger partial charge in [-0.2, -0.15) is 27.0 Å². The fourth-order valence-corrected chi connectivity index (χ4v) is 4.27. The maximum Gasteiger partial charge on any atom is 0.529 e. The Bertz CT molecular complexity index is 1330. The molecule has 0 aliphatic rings. The highest BCUT2D eigenvalue weighted by Gasteiger charge is 2.62. The van der Waals surface area contributed by atoms with Crippen molar-refractivity contribution in [3.05, 3.63) is 0 Å². The third-order valence-corrected chi connectivity index (χ3v) is 6.67. The molecule has 14 nitrogen and oxygen atoms in total. The summed E-state index contributed by atoms with van der Waals surface area (Å²) in [4.78, 5) is 23.2. The second-order valence-electron chi connectivity index (χ2n) is 13.2. The number of carbonyl (C=O) groups excluding carboxylic acids is 2. The predicted molar refractivity (Wildman–Crippen MR) is 149 cm³/mol. The van der Waals surface area contributed by atoms with E-state index >= 15 is 0 Å². The molecule has 0 aliphatic heterocycles. The van der Waals surface area contributed by atoms with Crippen molar-refractivity contribution in [2.75, 3.05) is 67.5 Å². The molecule has 0 atom stereocenters. The number of halogens is 22. The number of hydrogen-bond acceptors (Lipinski definition) is 10. The Labute approximate surface area is 332 Å². The van der Waals surface area contributed by atoms with Crippen LogP contribution in [-0.4, -0.2) is 151 Å². The van der Waals surface area contributed by atoms with Crippen LogP contribution in [0.15, 0.2) is 0 Å². The Morgan fingerprint density at radius 2 is 0.565 bits per heavy atom. The fourth-order valence-electron chi connectivity index (χ4n) is 4.27. The highest BCUT2D eigenvalue weighted by atomic mass is 19.4. The molecular weight excluding hydrogens is 946 g/mol. The van der Waals surface area contributed by atoms with Crippen LogP contribution in [0.1, 0.15) is 25.7 Å². The predicted octanol–water partition coefficient (Wildman–Crippen LogP) is 6.59. The first kappa shape index (κ1) is 59.0. The SMILES string of the molecule is C[N+](C)(CCCC[N+](C)(C)CCCNC(=O)C(F)(F)OC(F)(F)OC(F)(F)OC(F)(F)OC(F)(F)F)CCCNC(=O)C(F)(F)OC(F)(F)OC(F)(F)OC(F)(F)OC(F)(F)F. The van der Waals surface area contributed by atoms with Gasteiger partial charge < -0.3 is 19.6 Å². The lowest BCUT2D eigenvalue weighted by atomic mass is 10.2. The zero-order valence-corrected chi connectivity index (χ0v) is 31.4. The summed E-state index contributed by atoms with van der Waals surface area (Å²) in [6.45, 7) is -0.563. The minimum absolute atomic E-state index is 0.0805. The maximum absolute atomic E-state index is 13.8. The summed E-state index contributed by atoms with van der Waals surface area (Å²) in [5.74, 6) is -5.38. The summed E-state index contributed by atoms with van der Waals surface area (Å²) < 4.78 is 300. The van der Waals surface area contributed by atoms with Crippen molar-refractivity contribution in [1.82, 2.24) is 10.6 Å². The van der Waals surface area contributed by atoms with Crippen molar-refractivity contribution < 1.29 is 153 Å². The van der Waals surface area contributed by atoms with E-state index in [0.29, 0.717) is 25.9 Å². The van der Waals surface area contributed by atoms with Gasteiger partial charge in [0.1, 0.15) is 0 Å². The number of rotatable bonds is 29. The van der Waals surface area contributed by atoms with Gasteiger partial charge >= 0.3 is 74.5 Å². The van der Waals surface area contributed by atoms with Crippen molar-refractivity contribution in [2.24, 2.45) is 0 Å². The first-order chi connectivity index (χ1) is 27.1. The number of hydrogen-bond donors (Lipinski definition) is 2. The van der Waals surface area contributed by atoms with E-state index in [4.69, 9.17) is 0 Å². The first-order valence-electron chi connectivity index (χ1n) is 16.1. The molecular formula is C26H34F22N4O10+2. The molecule has 2 N–H and O–H groups in total. The molecule has 0 unspecified atom stereocenters. The van der Waals surface area contributed by atoms with Gasteiger partial charge in [0.2, 0.25) is 0 Å². The second kappa shape index (κ2) is 20.9. The quantitative estimate of drug-likeness (QED) is 0.0367. The molecule has 62 heavy (non-hydrogen) atoms. The van der Waals surface area contributed by atoms with Gasteiger partial charge in [-0.3, -0.25) is 9.59 Å². The molecule has 0 heterocycles. The van der Waals surface area contributed by atoms with Gasteiger partial charge in [0.15, 0.2) is 0 Å². The number of quaternary nitrogens is 2. The zero-order chi connectivity index (χ0) is 49.3. The molecule has 0 bridgehead atoms. The normalized spacial score (nSPS) is 14.9. The number of ether oxygens (including phenoxy) is 8. The van der Waals surface area contributed by atoms with Crippen LogP contribution in [0.5, 0.6) is 0 Å². The number of nitrogens with zero attached hydrogens (tertiary/aromatic N) is 2. The third-order valence-electron chi connectivity index (χ3n) is 6.67. The molecule has 0 aromatic heterocycles. The summed E-state index contributed by atoms with van der Waals surface area (Å²) >= 11 is 0. The molecule has 36 heteroatoms. The number of unbranched alkanes of at least 4 members (excludes halogenated alkanes) is 1. The summed E-state index contributed by atoms with van der Waals surface area (Å²) in [6, 6.07) is 0. The van der Waals surface area contributed by atoms with Crippen molar-refractivity contribution in [1.29, 1.82) is 0 Å². The molecule has 0 radical (unpaired) electrons. The van der Waals surface area contributed by atoms with Crippen molar-refractivity contribution in [3.63, 3.8) is 0 Å². The lowest BCUT2D eigenvalue weighted by Crippen LogP contribution is -2.50. The Hall–Kier alpha value is -3.00. The van der Waals surface area contributed by atoms with Crippen LogP contribution in [0.2, 0.25) is 0 Å². The summed E-state index contributed by atoms with van der Waals surface area (Å²) in [5, 5.41) is 2.80. The molecule has 0 aromatic carbocycles. The largest absolute Gasteiger partial charge is 0.529 e. The Morgan fingerprint density at radius 1 is 0.355 bits per heavy atom. The van der Waals surface area contributed by atoms with Crippen LogP contribution in [-0.2, 0) is 47.5 Å². The Kier molecular flexibility index (Phi) is 19.9. The highest BCUT2D eigenvalue weighted by molar-refractivity contribution is 5.82. The van der Waals surface area contributed by atoms with Gasteiger partial charge in [-0.25, -0.2) is 28.4 Å². The van der Waals surface area contributed by atoms with Crippen LogP contribution in [0.25, 0.3) is 0 Å². The fraction of sp³-hybridized carbons (Fsp3) is 0.923. The minimum Gasteiger partial charge on any atom is -0.348 e. The van der Waals surface area contributed by atoms with Crippen molar-refractivity contribution >= 4 is 11.8 Å². The van der Waals surface area contributed by atoms with E-state index in [1.807, 2.05) is 9.47 Å². The second-order valence-corrected chi connectivity index (χ2v) is 13.2. The van der Waals surface area contributed by atoms with Crippen LogP contribution in [0.4, 0.5) is 96.6 Å². The van der Waals surface area contributed by atoms with E-state index in [1.54, 1.807) is 37.7 Å². The number of alkyl halides is 22. The number of amides is 2. The van der Waals surface area contributed by atoms with E-state index in [-0.39, 0.29) is 34.9 Å². The van der Waals surface area contributed by atoms with Crippen LogP contribution in [0.3, 0.4) is 0 Å². The number of nitrogens with one attached hydrogen (secondary N) is 2. The standard InChI is InChI=1S/C26H32F22N4O10/c1-51(2,13-7-9-49-15(53)17(27,28)55-21(37,38)59-25(45,46)61-23(41,42)57-19(31,32)33)11-5-6-12-52(3,4)14-8-10-50-16(54)18(29,30)56-22(39,40)60-26(47,48)62-24(43,44)58-20(34,35)36/h5-14H2,1-4H3/p+2. The minimum atomic E-state index is -6.48. The lowest BCUT2D eigenvalue weighted by Gasteiger charge is -2.32. The molecule has 0 rings (SSSR count). The average molecular weight is 981 g/mol. The van der Waals surface area contributed by atoms with Gasteiger partial charge in [-0.15, -0.1) is 79.0 Å². The van der Waals surface area contributed by atoms with E-state index in [9.17, 15) is 106 Å². The summed E-state index contributed by atoms with van der Waals surface area (Å²) in [6.07, 6.45) is -62.1. The van der Waals surface area contributed by atoms with Crippen molar-refractivity contribution in [2.45, 2.75) is 88.4 Å². The molecule has 0 saturated carbocycles. The van der Waals surface area contributed by atoms with E-state index in [2.05, 4.69) is 18.9 Å². The van der Waals surface area contributed by atoms with Crippen LogP contribution < -0.4 is 10.6 Å². The van der Waals surface area contributed by atoms with Crippen molar-refractivity contribution in [3.8, 4) is 0 Å². The number of carbonyl (C=O) groups is 2. The van der Waals surface area contributed by atoms with Gasteiger partial charge in [0, 0.05) is 38.8 Å². The van der Waals surface area contributed by atoms with Gasteiger partial charge in [-0.05, 0) is 0 Å². The van der Waals surface area contributed by atoms with Crippen LogP contribution >= 0.6 is 0 Å². The molecule has 2 amide bonds. The average Bonchev–Trinajstić information content (AvgIpc) is 2.93. The Morgan fingerprint density at radius 3 is 0.806 bits per heavy atom. The Balaban J connectivity index is 4.76. The molecule has 0 saturated heterocycles. The lowest BCUT2D eigenvalue weighted by molar-refractivity contribution is -0.896. The third kappa shape index (κ3) is 26.6. The van der Waals surface area contributed by atoms with Gasteiger partial charge in [0.05, 0.1) is 54.4 Å². The molecule has 0 fully saturated rings. The smallest absolute Gasteiger partial charge is 0.348 e. The molecule has 0 aromatic rings. The highest BCUT2D eigenvalue weighted by Crippen LogP contribution is 2.41. The molecule has 0 aliphatic carbocycles. The zero-order valence-electron chi connectivity index (χ0n) is 31.4. The van der Waals surface area contributed by atoms with Gasteiger partial charge in [0.25, 0.3) is 0 Å². The van der Waals surface area contributed by atoms with Gasteiger partial charge in [-0.1, -0.05) is 0 Å². The summed E-state index contributed by atoms with van der Waals surface area (Å²) in [5.41, 5.74) is 0.